The average molecular weight is 288 g/mol. The fraction of sp³-hybridized carbons (Fsp3) is 0.500. The lowest BCUT2D eigenvalue weighted by atomic mass is 10.1. The number of hydrogen-bond donors (Lipinski definition) is 1. The Morgan fingerprint density at radius 3 is 2.11 bits per heavy atom. The predicted octanol–water partition coefficient (Wildman–Crippen LogP) is 2.97. The minimum atomic E-state index is -5.58. The van der Waals surface area contributed by atoms with E-state index in [4.69, 9.17) is 5.73 Å². The normalized spacial score (nSPS) is 14.6. The van der Waals surface area contributed by atoms with E-state index < -0.39 is 30.4 Å². The molecule has 0 aromatic carbocycles. The first-order chi connectivity index (χ1) is 8.51. The van der Waals surface area contributed by atoms with Crippen molar-refractivity contribution in [2.75, 3.05) is 0 Å². The van der Waals surface area contributed by atoms with E-state index in [1.807, 2.05) is 0 Å². The maximum Gasteiger partial charge on any atom is 0.434 e. The monoisotopic (exact) mass is 288 g/mol. The molecule has 0 saturated carbocycles. The lowest BCUT2D eigenvalue weighted by Gasteiger charge is -2.23. The second kappa shape index (κ2) is 5.24. The number of rotatable bonds is 3. The molecule has 2 N–H and O–H groups in total. The van der Waals surface area contributed by atoms with Crippen LogP contribution in [0.25, 0.3) is 0 Å². The quantitative estimate of drug-likeness (QED) is 0.870. The molecule has 0 radical (unpaired) electrons. The largest absolute Gasteiger partial charge is 0.455 e. The Kier molecular flexibility index (Phi) is 4.28. The number of hydrogen-bond acceptors (Lipinski definition) is 3. The van der Waals surface area contributed by atoms with E-state index in [0.29, 0.717) is 5.56 Å². The van der Waals surface area contributed by atoms with Crippen molar-refractivity contribution in [2.24, 2.45) is 5.73 Å². The molecule has 1 rings (SSSR count). The minimum absolute atomic E-state index is 0.313. The first kappa shape index (κ1) is 15.5. The highest BCUT2D eigenvalue weighted by molar-refractivity contribution is 5.23. The Labute approximate surface area is 104 Å². The number of nitrogens with zero attached hydrogens (tertiary/aromatic N) is 1. The topological polar surface area (TPSA) is 48.1 Å². The SMILES string of the molecule is C[C@H](N)c1ccnc(OC(C(F)(F)F)C(F)(F)F)c1. The van der Waals surface area contributed by atoms with Gasteiger partial charge in [-0.25, -0.2) is 4.98 Å². The molecule has 19 heavy (non-hydrogen) atoms. The molecule has 1 atom stereocenters. The van der Waals surface area contributed by atoms with Crippen LogP contribution >= 0.6 is 0 Å². The summed E-state index contributed by atoms with van der Waals surface area (Å²) in [4.78, 5) is 3.31. The molecule has 0 aliphatic rings. The van der Waals surface area contributed by atoms with Crippen LogP contribution in [0.1, 0.15) is 18.5 Å². The number of pyridine rings is 1. The second-order valence-electron chi connectivity index (χ2n) is 3.80. The van der Waals surface area contributed by atoms with Crippen molar-refractivity contribution in [3.05, 3.63) is 23.9 Å². The number of ether oxygens (including phenoxy) is 1. The van der Waals surface area contributed by atoms with Gasteiger partial charge in [0.15, 0.2) is 0 Å². The van der Waals surface area contributed by atoms with Crippen LogP contribution in [-0.4, -0.2) is 23.4 Å². The Balaban J connectivity index is 3.01. The highest BCUT2D eigenvalue weighted by atomic mass is 19.4. The summed E-state index contributed by atoms with van der Waals surface area (Å²) in [7, 11) is 0. The van der Waals surface area contributed by atoms with E-state index in [1.165, 1.54) is 13.0 Å². The van der Waals surface area contributed by atoms with Crippen molar-refractivity contribution >= 4 is 0 Å². The molecule has 108 valence electrons. The summed E-state index contributed by atoms with van der Waals surface area (Å²) in [5.74, 6) is -0.783. The highest BCUT2D eigenvalue weighted by Gasteiger charge is 2.59. The van der Waals surface area contributed by atoms with Gasteiger partial charge in [0, 0.05) is 18.3 Å². The van der Waals surface area contributed by atoms with Gasteiger partial charge in [0.1, 0.15) is 0 Å². The van der Waals surface area contributed by atoms with E-state index >= 15 is 0 Å². The third-order valence-electron chi connectivity index (χ3n) is 2.12. The maximum atomic E-state index is 12.3. The van der Waals surface area contributed by atoms with Crippen LogP contribution in [-0.2, 0) is 0 Å². The predicted molar refractivity (Wildman–Crippen MR) is 53.4 cm³/mol. The summed E-state index contributed by atoms with van der Waals surface area (Å²) in [6.07, 6.45) is -14.1. The van der Waals surface area contributed by atoms with Crippen molar-refractivity contribution in [1.82, 2.24) is 4.98 Å². The van der Waals surface area contributed by atoms with Gasteiger partial charge in [0.2, 0.25) is 5.88 Å². The Morgan fingerprint density at radius 1 is 1.16 bits per heavy atom. The third-order valence-corrected chi connectivity index (χ3v) is 2.12. The van der Waals surface area contributed by atoms with Crippen LogP contribution in [0, 0.1) is 0 Å². The van der Waals surface area contributed by atoms with E-state index in [2.05, 4.69) is 9.72 Å². The summed E-state index contributed by atoms with van der Waals surface area (Å²) in [6, 6.07) is 1.74. The van der Waals surface area contributed by atoms with E-state index in [0.717, 1.165) is 12.3 Å². The fourth-order valence-corrected chi connectivity index (χ4v) is 1.21. The summed E-state index contributed by atoms with van der Waals surface area (Å²) in [5, 5.41) is 0. The molecule has 0 aliphatic heterocycles. The molecule has 0 fully saturated rings. The van der Waals surface area contributed by atoms with Crippen molar-refractivity contribution < 1.29 is 31.1 Å². The van der Waals surface area contributed by atoms with Gasteiger partial charge < -0.3 is 10.5 Å². The molecule has 1 heterocycles. The second-order valence-corrected chi connectivity index (χ2v) is 3.80. The third kappa shape index (κ3) is 4.27. The molecular weight excluding hydrogens is 278 g/mol. The number of aromatic nitrogens is 1. The zero-order valence-corrected chi connectivity index (χ0v) is 9.59. The lowest BCUT2D eigenvalue weighted by Crippen LogP contribution is -2.46. The van der Waals surface area contributed by atoms with Gasteiger partial charge in [-0.2, -0.15) is 26.3 Å². The molecular formula is C10H10F6N2O. The summed E-state index contributed by atoms with van der Waals surface area (Å²) < 4.78 is 77.5. The standard InChI is InChI=1S/C10H10F6N2O/c1-5(17)6-2-3-18-7(4-6)19-8(9(11,12)13)10(14,15)16/h2-5,8H,17H2,1H3/t5-/m0/s1. The number of nitrogens with two attached hydrogens (primary N) is 1. The van der Waals surface area contributed by atoms with Crippen LogP contribution in [0.2, 0.25) is 0 Å². The highest BCUT2D eigenvalue weighted by Crippen LogP contribution is 2.36. The van der Waals surface area contributed by atoms with Crippen molar-refractivity contribution in [2.45, 2.75) is 31.4 Å². The summed E-state index contributed by atoms with van der Waals surface area (Å²) in [6.45, 7) is 1.52. The van der Waals surface area contributed by atoms with Crippen molar-refractivity contribution in [3.8, 4) is 5.88 Å². The Morgan fingerprint density at radius 2 is 1.68 bits per heavy atom. The Bertz CT molecular complexity index is 415. The smallest absolute Gasteiger partial charge is 0.434 e. The zero-order chi connectivity index (χ0) is 14.8. The van der Waals surface area contributed by atoms with Crippen LogP contribution in [0.5, 0.6) is 5.88 Å². The Hall–Kier alpha value is -1.51. The molecule has 1 aromatic heterocycles. The zero-order valence-electron chi connectivity index (χ0n) is 9.59. The molecule has 0 aliphatic carbocycles. The number of halogens is 6. The fourth-order valence-electron chi connectivity index (χ4n) is 1.21. The van der Waals surface area contributed by atoms with Gasteiger partial charge in [0.05, 0.1) is 0 Å². The molecule has 0 spiro atoms. The van der Waals surface area contributed by atoms with E-state index in [9.17, 15) is 26.3 Å². The summed E-state index contributed by atoms with van der Waals surface area (Å²) in [5.41, 5.74) is 5.77. The molecule has 1 aromatic rings. The average Bonchev–Trinajstić information content (AvgIpc) is 2.23. The van der Waals surface area contributed by atoms with Crippen LogP contribution in [0.15, 0.2) is 18.3 Å². The van der Waals surface area contributed by atoms with E-state index in [-0.39, 0.29) is 0 Å². The van der Waals surface area contributed by atoms with Crippen molar-refractivity contribution in [3.63, 3.8) is 0 Å². The van der Waals surface area contributed by atoms with Crippen LogP contribution in [0.4, 0.5) is 26.3 Å². The first-order valence-electron chi connectivity index (χ1n) is 5.03. The molecule has 3 nitrogen and oxygen atoms in total. The number of alkyl halides is 6. The lowest BCUT2D eigenvalue weighted by molar-refractivity contribution is -0.300. The summed E-state index contributed by atoms with van der Waals surface area (Å²) >= 11 is 0. The van der Waals surface area contributed by atoms with E-state index in [1.54, 1.807) is 0 Å². The molecule has 0 amide bonds. The van der Waals surface area contributed by atoms with Gasteiger partial charge in [-0.1, -0.05) is 0 Å². The molecule has 0 bridgehead atoms. The van der Waals surface area contributed by atoms with Gasteiger partial charge in [-0.05, 0) is 18.6 Å². The van der Waals surface area contributed by atoms with Gasteiger partial charge >= 0.3 is 12.4 Å². The molecule has 0 unspecified atom stereocenters. The van der Waals surface area contributed by atoms with Gasteiger partial charge in [-0.15, -0.1) is 0 Å². The first-order valence-corrected chi connectivity index (χ1v) is 5.03. The van der Waals surface area contributed by atoms with Gasteiger partial charge in [-0.3, -0.25) is 0 Å². The van der Waals surface area contributed by atoms with Crippen LogP contribution in [0.3, 0.4) is 0 Å². The molecule has 0 saturated heterocycles. The van der Waals surface area contributed by atoms with Crippen LogP contribution < -0.4 is 10.5 Å². The maximum absolute atomic E-state index is 12.3. The van der Waals surface area contributed by atoms with Crippen molar-refractivity contribution in [1.29, 1.82) is 0 Å². The minimum Gasteiger partial charge on any atom is -0.455 e. The van der Waals surface area contributed by atoms with Gasteiger partial charge in [0.25, 0.3) is 6.10 Å². The molecule has 9 heteroatoms.